The van der Waals surface area contributed by atoms with Gasteiger partial charge in [0.2, 0.25) is 0 Å². The number of rotatable bonds is 3. The third kappa shape index (κ3) is 2.29. The lowest BCUT2D eigenvalue weighted by atomic mass is 10.2. The number of aryl methyl sites for hydroxylation is 3. The van der Waals surface area contributed by atoms with E-state index in [-0.39, 0.29) is 0 Å². The van der Waals surface area contributed by atoms with Crippen molar-refractivity contribution in [2.24, 2.45) is 0 Å². The van der Waals surface area contributed by atoms with Crippen LogP contribution >= 0.6 is 12.2 Å². The molecule has 19 heavy (non-hydrogen) atoms. The molecule has 0 saturated heterocycles. The number of pyridine rings is 2. The first kappa shape index (κ1) is 12.0. The van der Waals surface area contributed by atoms with Crippen molar-refractivity contribution in [2.45, 2.75) is 19.9 Å². The number of H-pyrrole nitrogens is 1. The summed E-state index contributed by atoms with van der Waals surface area (Å²) in [5.74, 6) is 0. The Bertz CT molecular complexity index is 758. The number of aromatic amines is 1. The summed E-state index contributed by atoms with van der Waals surface area (Å²) in [6, 6.07) is 7.93. The van der Waals surface area contributed by atoms with E-state index in [2.05, 4.69) is 21.9 Å². The molecule has 0 aliphatic carbocycles. The molecule has 0 aromatic carbocycles. The molecule has 3 aromatic rings. The lowest BCUT2D eigenvalue weighted by molar-refractivity contribution is 0.689. The Morgan fingerprint density at radius 2 is 2.11 bits per heavy atom. The molecular formula is C14H14N4S. The zero-order valence-corrected chi connectivity index (χ0v) is 11.4. The van der Waals surface area contributed by atoms with E-state index in [1.54, 1.807) is 0 Å². The van der Waals surface area contributed by atoms with Crippen molar-refractivity contribution in [1.82, 2.24) is 19.5 Å². The number of hydrogen-bond acceptors (Lipinski definition) is 3. The van der Waals surface area contributed by atoms with Crippen LogP contribution in [0.1, 0.15) is 11.3 Å². The van der Waals surface area contributed by atoms with Crippen molar-refractivity contribution in [3.05, 3.63) is 52.7 Å². The fourth-order valence-electron chi connectivity index (χ4n) is 2.15. The first-order valence-corrected chi connectivity index (χ1v) is 6.60. The van der Waals surface area contributed by atoms with Crippen molar-refractivity contribution in [3.63, 3.8) is 0 Å². The van der Waals surface area contributed by atoms with Crippen molar-refractivity contribution < 1.29 is 0 Å². The van der Waals surface area contributed by atoms with Gasteiger partial charge in [0, 0.05) is 31.1 Å². The fraction of sp³-hybridized carbons (Fsp3) is 0.214. The molecule has 0 aliphatic rings. The summed E-state index contributed by atoms with van der Waals surface area (Å²) in [6.07, 6.45) is 4.47. The number of imidazole rings is 1. The summed E-state index contributed by atoms with van der Waals surface area (Å²) in [5.41, 5.74) is 4.16. The van der Waals surface area contributed by atoms with Crippen LogP contribution in [0.2, 0.25) is 0 Å². The second-order valence-corrected chi connectivity index (χ2v) is 4.87. The van der Waals surface area contributed by atoms with Gasteiger partial charge in [0.25, 0.3) is 0 Å². The predicted molar refractivity (Wildman–Crippen MR) is 77.6 cm³/mol. The van der Waals surface area contributed by atoms with Crippen LogP contribution in [-0.2, 0) is 13.0 Å². The highest BCUT2D eigenvalue weighted by atomic mass is 32.1. The molecule has 0 amide bonds. The largest absolute Gasteiger partial charge is 0.329 e. The summed E-state index contributed by atoms with van der Waals surface area (Å²) < 4.78 is 2.75. The molecule has 0 spiro atoms. The van der Waals surface area contributed by atoms with Crippen LogP contribution in [0.25, 0.3) is 11.2 Å². The molecule has 0 radical (unpaired) electrons. The average molecular weight is 270 g/mol. The SMILES string of the molecule is Cc1ccnc2c1[nH]c(=S)n2CCc1ccccn1. The van der Waals surface area contributed by atoms with Crippen LogP contribution < -0.4 is 0 Å². The van der Waals surface area contributed by atoms with Crippen LogP contribution in [-0.4, -0.2) is 19.5 Å². The molecule has 0 saturated carbocycles. The molecule has 3 heterocycles. The van der Waals surface area contributed by atoms with Crippen LogP contribution in [0.3, 0.4) is 0 Å². The van der Waals surface area contributed by atoms with Gasteiger partial charge in [-0.05, 0) is 42.9 Å². The van der Waals surface area contributed by atoms with Gasteiger partial charge in [-0.15, -0.1) is 0 Å². The van der Waals surface area contributed by atoms with Gasteiger partial charge in [0.1, 0.15) is 0 Å². The van der Waals surface area contributed by atoms with E-state index in [0.29, 0.717) is 4.77 Å². The van der Waals surface area contributed by atoms with Crippen LogP contribution in [0, 0.1) is 11.7 Å². The fourth-order valence-corrected chi connectivity index (χ4v) is 2.43. The molecule has 0 aliphatic heterocycles. The third-order valence-electron chi connectivity index (χ3n) is 3.19. The van der Waals surface area contributed by atoms with Gasteiger partial charge >= 0.3 is 0 Å². The minimum atomic E-state index is 0.715. The zero-order chi connectivity index (χ0) is 13.2. The minimum Gasteiger partial charge on any atom is -0.329 e. The van der Waals surface area contributed by atoms with Gasteiger partial charge in [-0.1, -0.05) is 6.07 Å². The van der Waals surface area contributed by atoms with Crippen LogP contribution in [0.5, 0.6) is 0 Å². The molecule has 3 aromatic heterocycles. The van der Waals surface area contributed by atoms with Crippen LogP contribution in [0.15, 0.2) is 36.7 Å². The van der Waals surface area contributed by atoms with E-state index in [1.807, 2.05) is 41.2 Å². The zero-order valence-electron chi connectivity index (χ0n) is 10.6. The summed E-state index contributed by atoms with van der Waals surface area (Å²) in [6.45, 7) is 2.84. The molecule has 0 unspecified atom stereocenters. The van der Waals surface area contributed by atoms with E-state index in [1.165, 1.54) is 0 Å². The quantitative estimate of drug-likeness (QED) is 0.744. The Morgan fingerprint density at radius 1 is 1.21 bits per heavy atom. The minimum absolute atomic E-state index is 0.715. The van der Waals surface area contributed by atoms with E-state index < -0.39 is 0 Å². The Labute approximate surface area is 116 Å². The normalized spacial score (nSPS) is 11.0. The maximum Gasteiger partial charge on any atom is 0.179 e. The molecule has 3 rings (SSSR count). The highest BCUT2D eigenvalue weighted by Gasteiger charge is 2.07. The molecule has 1 N–H and O–H groups in total. The first-order valence-electron chi connectivity index (χ1n) is 6.20. The van der Waals surface area contributed by atoms with Crippen molar-refractivity contribution in [2.75, 3.05) is 0 Å². The molecule has 96 valence electrons. The Balaban J connectivity index is 1.95. The molecule has 0 atom stereocenters. The number of fused-ring (bicyclic) bond motifs is 1. The summed E-state index contributed by atoms with van der Waals surface area (Å²) in [5, 5.41) is 0. The molecule has 5 heteroatoms. The molecule has 0 bridgehead atoms. The smallest absolute Gasteiger partial charge is 0.179 e. The van der Waals surface area contributed by atoms with Crippen molar-refractivity contribution in [1.29, 1.82) is 0 Å². The number of nitrogens with one attached hydrogen (secondary N) is 1. The Morgan fingerprint density at radius 3 is 2.89 bits per heavy atom. The lowest BCUT2D eigenvalue weighted by Gasteiger charge is -2.03. The maximum absolute atomic E-state index is 5.37. The van der Waals surface area contributed by atoms with Gasteiger partial charge < -0.3 is 9.55 Å². The topological polar surface area (TPSA) is 46.5 Å². The highest BCUT2D eigenvalue weighted by molar-refractivity contribution is 7.71. The molecule has 4 nitrogen and oxygen atoms in total. The number of aromatic nitrogens is 4. The van der Waals surface area contributed by atoms with Gasteiger partial charge in [0.05, 0.1) is 5.52 Å². The monoisotopic (exact) mass is 270 g/mol. The average Bonchev–Trinajstić information content (AvgIpc) is 2.75. The number of nitrogens with zero attached hydrogens (tertiary/aromatic N) is 3. The second-order valence-electron chi connectivity index (χ2n) is 4.48. The summed E-state index contributed by atoms with van der Waals surface area (Å²) >= 11 is 5.37. The first-order chi connectivity index (χ1) is 9.25. The Kier molecular flexibility index (Phi) is 3.13. The number of hydrogen-bond donors (Lipinski definition) is 1. The maximum atomic E-state index is 5.37. The van der Waals surface area contributed by atoms with Crippen LogP contribution in [0.4, 0.5) is 0 Å². The highest BCUT2D eigenvalue weighted by Crippen LogP contribution is 2.15. The third-order valence-corrected chi connectivity index (χ3v) is 3.51. The van der Waals surface area contributed by atoms with Gasteiger partial charge in [-0.25, -0.2) is 4.98 Å². The molecule has 0 fully saturated rings. The Hall–Kier alpha value is -2.01. The standard InChI is InChI=1S/C14H14N4S/c1-10-5-8-16-13-12(10)17-14(19)18(13)9-6-11-4-2-3-7-15-11/h2-5,7-8H,6,9H2,1H3,(H,17,19). The second kappa shape index (κ2) is 4.93. The van der Waals surface area contributed by atoms with Crippen molar-refractivity contribution in [3.8, 4) is 0 Å². The summed E-state index contributed by atoms with van der Waals surface area (Å²) in [4.78, 5) is 12.0. The van der Waals surface area contributed by atoms with E-state index >= 15 is 0 Å². The van der Waals surface area contributed by atoms with E-state index in [4.69, 9.17) is 12.2 Å². The van der Waals surface area contributed by atoms with Crippen molar-refractivity contribution >= 4 is 23.4 Å². The van der Waals surface area contributed by atoms with Gasteiger partial charge in [-0.3, -0.25) is 4.98 Å². The van der Waals surface area contributed by atoms with E-state index in [9.17, 15) is 0 Å². The van der Waals surface area contributed by atoms with Gasteiger partial charge in [-0.2, -0.15) is 0 Å². The van der Waals surface area contributed by atoms with E-state index in [0.717, 1.165) is 35.4 Å². The summed E-state index contributed by atoms with van der Waals surface area (Å²) in [7, 11) is 0. The lowest BCUT2D eigenvalue weighted by Crippen LogP contribution is -2.03. The molecular weight excluding hydrogens is 256 g/mol. The predicted octanol–water partition coefficient (Wildman–Crippen LogP) is 3.04. The van der Waals surface area contributed by atoms with Gasteiger partial charge in [0.15, 0.2) is 10.4 Å².